The van der Waals surface area contributed by atoms with Crippen LogP contribution in [-0.2, 0) is 0 Å². The smallest absolute Gasteiger partial charge is 0.267 e. The molecule has 0 spiro atoms. The second kappa shape index (κ2) is 6.66. The monoisotopic (exact) mass is 328 g/mol. The van der Waals surface area contributed by atoms with Crippen molar-refractivity contribution in [1.82, 2.24) is 9.88 Å². The van der Waals surface area contributed by atoms with E-state index in [4.69, 9.17) is 5.73 Å². The summed E-state index contributed by atoms with van der Waals surface area (Å²) in [7, 11) is 0. The number of hydrogen-bond acceptors (Lipinski definition) is 4. The molecule has 0 aliphatic carbocycles. The molecule has 7 heteroatoms. The van der Waals surface area contributed by atoms with Crippen LogP contribution in [0.3, 0.4) is 0 Å². The molecule has 0 radical (unpaired) electrons. The molecule has 3 rings (SSSR count). The molecule has 1 fully saturated rings. The summed E-state index contributed by atoms with van der Waals surface area (Å²) in [6.07, 6.45) is 1.37. The number of carbonyl (C=O) groups is 2. The van der Waals surface area contributed by atoms with Crippen molar-refractivity contribution in [3.05, 3.63) is 59.7 Å². The van der Waals surface area contributed by atoms with E-state index in [-0.39, 0.29) is 17.4 Å². The molecule has 2 aromatic rings. The van der Waals surface area contributed by atoms with E-state index >= 15 is 0 Å². The molecule has 2 heterocycles. The Bertz CT molecular complexity index is 738. The predicted molar refractivity (Wildman–Crippen MR) is 87.3 cm³/mol. The van der Waals surface area contributed by atoms with Gasteiger partial charge in [0, 0.05) is 38.1 Å². The van der Waals surface area contributed by atoms with E-state index < -0.39 is 5.91 Å². The summed E-state index contributed by atoms with van der Waals surface area (Å²) in [5, 5.41) is 0. The minimum atomic E-state index is -0.623. The minimum absolute atomic E-state index is 0.128. The summed E-state index contributed by atoms with van der Waals surface area (Å²) < 4.78 is 13.0. The fraction of sp³-hybridized carbons (Fsp3) is 0.235. The molecule has 1 aromatic carbocycles. The van der Waals surface area contributed by atoms with Crippen LogP contribution in [-0.4, -0.2) is 47.9 Å². The van der Waals surface area contributed by atoms with Crippen LogP contribution in [0.2, 0.25) is 0 Å². The number of hydrogen-bond donors (Lipinski definition) is 1. The van der Waals surface area contributed by atoms with Gasteiger partial charge in [-0.25, -0.2) is 4.39 Å². The Morgan fingerprint density at radius 2 is 1.67 bits per heavy atom. The van der Waals surface area contributed by atoms with Crippen molar-refractivity contribution in [2.75, 3.05) is 31.1 Å². The van der Waals surface area contributed by atoms with Gasteiger partial charge in [0.25, 0.3) is 11.8 Å². The van der Waals surface area contributed by atoms with E-state index in [1.165, 1.54) is 24.4 Å². The van der Waals surface area contributed by atoms with Gasteiger partial charge in [-0.2, -0.15) is 0 Å². The Kier molecular flexibility index (Phi) is 4.41. The van der Waals surface area contributed by atoms with E-state index in [0.29, 0.717) is 31.7 Å². The fourth-order valence-corrected chi connectivity index (χ4v) is 2.67. The maximum Gasteiger partial charge on any atom is 0.267 e. The highest BCUT2D eigenvalue weighted by molar-refractivity contribution is 5.95. The lowest BCUT2D eigenvalue weighted by Crippen LogP contribution is -2.48. The number of anilines is 1. The Hall–Kier alpha value is -2.96. The largest absolute Gasteiger partial charge is 0.368 e. The first-order valence-electron chi connectivity index (χ1n) is 7.60. The lowest BCUT2D eigenvalue weighted by atomic mass is 10.2. The molecule has 24 heavy (non-hydrogen) atoms. The molecule has 0 bridgehead atoms. The zero-order valence-corrected chi connectivity index (χ0v) is 13.0. The van der Waals surface area contributed by atoms with Crippen LogP contribution in [0.5, 0.6) is 0 Å². The molecular formula is C17H17FN4O2. The number of piperazine rings is 1. The normalized spacial score (nSPS) is 14.5. The zero-order valence-electron chi connectivity index (χ0n) is 13.0. The van der Waals surface area contributed by atoms with Gasteiger partial charge in [0.05, 0.1) is 5.56 Å². The second-order valence-electron chi connectivity index (χ2n) is 5.55. The minimum Gasteiger partial charge on any atom is -0.368 e. The molecule has 1 aromatic heterocycles. The maximum atomic E-state index is 13.0. The number of amides is 2. The van der Waals surface area contributed by atoms with Crippen molar-refractivity contribution < 1.29 is 14.0 Å². The van der Waals surface area contributed by atoms with Crippen molar-refractivity contribution in [3.63, 3.8) is 0 Å². The molecule has 0 saturated carbocycles. The van der Waals surface area contributed by atoms with Gasteiger partial charge >= 0.3 is 0 Å². The van der Waals surface area contributed by atoms with Crippen LogP contribution in [0.1, 0.15) is 20.8 Å². The van der Waals surface area contributed by atoms with Crippen LogP contribution in [0.4, 0.5) is 10.1 Å². The molecule has 124 valence electrons. The molecule has 0 unspecified atom stereocenters. The molecule has 1 aliphatic heterocycles. The number of nitrogens with two attached hydrogens (primary N) is 1. The lowest BCUT2D eigenvalue weighted by Gasteiger charge is -2.36. The van der Waals surface area contributed by atoms with Gasteiger partial charge in [0.2, 0.25) is 0 Å². The van der Waals surface area contributed by atoms with Crippen LogP contribution in [0.15, 0.2) is 42.6 Å². The fourth-order valence-electron chi connectivity index (χ4n) is 2.67. The SMILES string of the molecule is NC(=O)c1ccc(C(=O)N2CCN(c3ccc(F)cc3)CC2)cn1. The molecule has 1 saturated heterocycles. The number of halogens is 1. The van der Waals surface area contributed by atoms with Crippen molar-refractivity contribution >= 4 is 17.5 Å². The third-order valence-corrected chi connectivity index (χ3v) is 4.02. The summed E-state index contributed by atoms with van der Waals surface area (Å²) in [6, 6.07) is 9.34. The maximum absolute atomic E-state index is 13.0. The average molecular weight is 328 g/mol. The third-order valence-electron chi connectivity index (χ3n) is 4.02. The molecule has 2 N–H and O–H groups in total. The quantitative estimate of drug-likeness (QED) is 0.920. The number of carbonyl (C=O) groups excluding carboxylic acids is 2. The third kappa shape index (κ3) is 3.34. The molecule has 6 nitrogen and oxygen atoms in total. The summed E-state index contributed by atoms with van der Waals surface area (Å²) in [6.45, 7) is 2.47. The van der Waals surface area contributed by atoms with Crippen LogP contribution in [0, 0.1) is 5.82 Å². The van der Waals surface area contributed by atoms with Crippen LogP contribution < -0.4 is 10.6 Å². The van der Waals surface area contributed by atoms with Crippen molar-refractivity contribution in [2.24, 2.45) is 5.73 Å². The first-order valence-corrected chi connectivity index (χ1v) is 7.60. The first-order chi connectivity index (χ1) is 11.5. The van der Waals surface area contributed by atoms with Gasteiger partial charge in [0.15, 0.2) is 0 Å². The number of rotatable bonds is 3. The Morgan fingerprint density at radius 3 is 2.21 bits per heavy atom. The Labute approximate surface area is 138 Å². The summed E-state index contributed by atoms with van der Waals surface area (Å²) in [4.78, 5) is 31.2. The summed E-state index contributed by atoms with van der Waals surface area (Å²) in [5.41, 5.74) is 6.64. The number of benzene rings is 1. The van der Waals surface area contributed by atoms with Gasteiger partial charge in [-0.05, 0) is 36.4 Å². The average Bonchev–Trinajstić information content (AvgIpc) is 2.62. The number of aromatic nitrogens is 1. The topological polar surface area (TPSA) is 79.5 Å². The van der Waals surface area contributed by atoms with Gasteiger partial charge in [0.1, 0.15) is 11.5 Å². The van der Waals surface area contributed by atoms with E-state index in [0.717, 1.165) is 5.69 Å². The molecule has 1 aliphatic rings. The summed E-state index contributed by atoms with van der Waals surface area (Å²) >= 11 is 0. The highest BCUT2D eigenvalue weighted by Gasteiger charge is 2.22. The zero-order chi connectivity index (χ0) is 17.1. The van der Waals surface area contributed by atoms with Crippen molar-refractivity contribution in [1.29, 1.82) is 0 Å². The van der Waals surface area contributed by atoms with E-state index in [1.807, 2.05) is 0 Å². The Morgan fingerprint density at radius 1 is 1.00 bits per heavy atom. The van der Waals surface area contributed by atoms with E-state index in [2.05, 4.69) is 9.88 Å². The number of primary amides is 1. The molecule has 0 atom stereocenters. The van der Waals surface area contributed by atoms with Gasteiger partial charge in [-0.15, -0.1) is 0 Å². The number of pyridine rings is 1. The van der Waals surface area contributed by atoms with Gasteiger partial charge in [-0.3, -0.25) is 14.6 Å². The Balaban J connectivity index is 1.62. The van der Waals surface area contributed by atoms with E-state index in [9.17, 15) is 14.0 Å². The van der Waals surface area contributed by atoms with Crippen molar-refractivity contribution in [2.45, 2.75) is 0 Å². The first kappa shape index (κ1) is 15.9. The lowest BCUT2D eigenvalue weighted by molar-refractivity contribution is 0.0745. The highest BCUT2D eigenvalue weighted by Crippen LogP contribution is 2.17. The molecule has 2 amide bonds. The standard InChI is InChI=1S/C17H17FN4O2/c18-13-2-4-14(5-3-13)21-7-9-22(10-8-21)17(24)12-1-6-15(16(19)23)20-11-12/h1-6,11H,7-10H2,(H2,19,23). The predicted octanol–water partition coefficient (Wildman–Crippen LogP) is 1.28. The van der Waals surface area contributed by atoms with Crippen molar-refractivity contribution in [3.8, 4) is 0 Å². The summed E-state index contributed by atoms with van der Waals surface area (Å²) in [5.74, 6) is -1.02. The second-order valence-corrected chi connectivity index (χ2v) is 5.55. The van der Waals surface area contributed by atoms with Gasteiger partial charge < -0.3 is 15.5 Å². The van der Waals surface area contributed by atoms with Gasteiger partial charge in [-0.1, -0.05) is 0 Å². The van der Waals surface area contributed by atoms with Crippen LogP contribution >= 0.6 is 0 Å². The highest BCUT2D eigenvalue weighted by atomic mass is 19.1. The van der Waals surface area contributed by atoms with Crippen LogP contribution in [0.25, 0.3) is 0 Å². The number of nitrogens with zero attached hydrogens (tertiary/aromatic N) is 3. The molecular weight excluding hydrogens is 311 g/mol. The van der Waals surface area contributed by atoms with E-state index in [1.54, 1.807) is 23.1 Å².